The van der Waals surface area contributed by atoms with Gasteiger partial charge in [0.1, 0.15) is 23.8 Å². The van der Waals surface area contributed by atoms with E-state index < -0.39 is 0 Å². The lowest BCUT2D eigenvalue weighted by molar-refractivity contribution is 0.244. The zero-order valence-electron chi connectivity index (χ0n) is 16.4. The third-order valence-corrected chi connectivity index (χ3v) is 5.49. The van der Waals surface area contributed by atoms with E-state index in [9.17, 15) is 0 Å². The van der Waals surface area contributed by atoms with Gasteiger partial charge in [0.05, 0.1) is 17.6 Å². The highest BCUT2D eigenvalue weighted by Gasteiger charge is 2.21. The van der Waals surface area contributed by atoms with Gasteiger partial charge in [0, 0.05) is 37.0 Å². The Bertz CT molecular complexity index is 1180. The molecule has 0 atom stereocenters. The van der Waals surface area contributed by atoms with Gasteiger partial charge in [-0.1, -0.05) is 23.8 Å². The maximum absolute atomic E-state index is 6.13. The predicted octanol–water partition coefficient (Wildman–Crippen LogP) is 2.79. The van der Waals surface area contributed by atoms with Crippen LogP contribution in [-0.2, 0) is 6.54 Å². The molecule has 1 saturated heterocycles. The summed E-state index contributed by atoms with van der Waals surface area (Å²) in [5.74, 6) is 2.34. The van der Waals surface area contributed by atoms with Crippen LogP contribution in [0.5, 0.6) is 0 Å². The first-order valence-electron chi connectivity index (χ1n) is 9.87. The second-order valence-corrected chi connectivity index (χ2v) is 7.52. The summed E-state index contributed by atoms with van der Waals surface area (Å²) in [7, 11) is 0. The molecule has 4 aromatic rings. The van der Waals surface area contributed by atoms with Gasteiger partial charge in [-0.05, 0) is 31.2 Å². The van der Waals surface area contributed by atoms with Crippen LogP contribution in [0.4, 0.5) is 11.6 Å². The first-order chi connectivity index (χ1) is 14.2. The minimum atomic E-state index is 0.548. The van der Waals surface area contributed by atoms with Crippen molar-refractivity contribution < 1.29 is 0 Å². The molecule has 3 heterocycles. The third kappa shape index (κ3) is 3.45. The molecule has 0 bridgehead atoms. The minimum Gasteiger partial charge on any atom is -0.383 e. The number of hydrogen-bond acceptors (Lipinski definition) is 7. The molecule has 0 aliphatic carbocycles. The van der Waals surface area contributed by atoms with Crippen LogP contribution in [0.3, 0.4) is 0 Å². The summed E-state index contributed by atoms with van der Waals surface area (Å²) in [6, 6.07) is 14.2. The molecule has 7 nitrogen and oxygen atoms in total. The maximum atomic E-state index is 6.13. The highest BCUT2D eigenvalue weighted by molar-refractivity contribution is 5.90. The van der Waals surface area contributed by atoms with Crippen molar-refractivity contribution in [2.45, 2.75) is 13.5 Å². The van der Waals surface area contributed by atoms with Gasteiger partial charge in [0.15, 0.2) is 0 Å². The Kier molecular flexibility index (Phi) is 4.44. The number of hydrogen-bond donors (Lipinski definition) is 1. The van der Waals surface area contributed by atoms with Crippen LogP contribution in [0, 0.1) is 6.92 Å². The number of nitrogens with two attached hydrogens (primary N) is 1. The molecule has 0 saturated carbocycles. The third-order valence-electron chi connectivity index (χ3n) is 5.49. The molecule has 2 aromatic heterocycles. The van der Waals surface area contributed by atoms with Crippen molar-refractivity contribution in [1.82, 2.24) is 24.8 Å². The van der Waals surface area contributed by atoms with Crippen molar-refractivity contribution >= 4 is 33.4 Å². The lowest BCUT2D eigenvalue weighted by atomic mass is 10.1. The number of rotatable bonds is 3. The number of aryl methyl sites for hydroxylation is 1. The van der Waals surface area contributed by atoms with Crippen molar-refractivity contribution in [3.8, 4) is 0 Å². The van der Waals surface area contributed by atoms with E-state index in [0.29, 0.717) is 12.4 Å². The van der Waals surface area contributed by atoms with Crippen LogP contribution < -0.4 is 10.6 Å². The number of fused-ring (bicyclic) bond motifs is 2. The number of para-hydroxylation sites is 1. The van der Waals surface area contributed by atoms with E-state index >= 15 is 0 Å². The monoisotopic (exact) mass is 385 g/mol. The molecular formula is C22H23N7. The molecule has 146 valence electrons. The van der Waals surface area contributed by atoms with Gasteiger partial charge in [0.25, 0.3) is 0 Å². The first-order valence-corrected chi connectivity index (χ1v) is 9.87. The molecule has 0 radical (unpaired) electrons. The van der Waals surface area contributed by atoms with E-state index in [2.05, 4.69) is 49.9 Å². The number of nitrogen functional groups attached to an aromatic ring is 1. The molecule has 29 heavy (non-hydrogen) atoms. The van der Waals surface area contributed by atoms with Crippen LogP contribution in [0.2, 0.25) is 0 Å². The van der Waals surface area contributed by atoms with Gasteiger partial charge in [-0.15, -0.1) is 0 Å². The van der Waals surface area contributed by atoms with E-state index in [1.54, 1.807) is 6.33 Å². The Morgan fingerprint density at radius 2 is 1.72 bits per heavy atom. The van der Waals surface area contributed by atoms with Crippen molar-refractivity contribution in [2.75, 3.05) is 36.8 Å². The van der Waals surface area contributed by atoms with Gasteiger partial charge in [-0.2, -0.15) is 0 Å². The average Bonchev–Trinajstić information content (AvgIpc) is 2.74. The van der Waals surface area contributed by atoms with Crippen LogP contribution in [0.15, 0.2) is 48.8 Å². The van der Waals surface area contributed by atoms with Gasteiger partial charge >= 0.3 is 0 Å². The molecule has 0 amide bonds. The number of aromatic nitrogens is 4. The van der Waals surface area contributed by atoms with Crippen LogP contribution in [0.1, 0.15) is 11.4 Å². The van der Waals surface area contributed by atoms with Gasteiger partial charge < -0.3 is 10.6 Å². The highest BCUT2D eigenvalue weighted by atomic mass is 15.3. The zero-order chi connectivity index (χ0) is 19.8. The lowest BCUT2D eigenvalue weighted by Crippen LogP contribution is -2.46. The van der Waals surface area contributed by atoms with Crippen LogP contribution in [0.25, 0.3) is 21.8 Å². The van der Waals surface area contributed by atoms with E-state index in [4.69, 9.17) is 10.7 Å². The molecule has 1 aliphatic rings. The summed E-state index contributed by atoms with van der Waals surface area (Å²) >= 11 is 0. The molecule has 0 spiro atoms. The smallest absolute Gasteiger partial charge is 0.145 e. The van der Waals surface area contributed by atoms with Gasteiger partial charge in [-0.25, -0.2) is 19.9 Å². The van der Waals surface area contributed by atoms with Crippen molar-refractivity contribution in [3.63, 3.8) is 0 Å². The van der Waals surface area contributed by atoms with Crippen LogP contribution in [-0.4, -0.2) is 51.0 Å². The van der Waals surface area contributed by atoms with Gasteiger partial charge in [-0.3, -0.25) is 4.90 Å². The fourth-order valence-electron chi connectivity index (χ4n) is 3.95. The Morgan fingerprint density at radius 1 is 0.897 bits per heavy atom. The fraction of sp³-hybridized carbons (Fsp3) is 0.273. The summed E-state index contributed by atoms with van der Waals surface area (Å²) < 4.78 is 0. The largest absolute Gasteiger partial charge is 0.383 e. The Labute approximate surface area is 169 Å². The zero-order valence-corrected chi connectivity index (χ0v) is 16.4. The molecule has 0 unspecified atom stereocenters. The molecule has 2 N–H and O–H groups in total. The quantitative estimate of drug-likeness (QED) is 0.580. The number of benzene rings is 2. The van der Waals surface area contributed by atoms with Crippen molar-refractivity contribution in [1.29, 1.82) is 0 Å². The molecule has 5 rings (SSSR count). The fourth-order valence-corrected chi connectivity index (χ4v) is 3.95. The standard InChI is InChI=1S/C22H23N7/c1-15-6-7-18-17(12-15)22(25-14-24-18)29-10-8-28(9-11-29)13-20-26-19-5-3-2-4-16(19)21(23)27-20/h2-7,12,14H,8-11,13H2,1H3,(H2,23,26,27). The second-order valence-electron chi connectivity index (χ2n) is 7.52. The molecule has 1 fully saturated rings. The SMILES string of the molecule is Cc1ccc2ncnc(N3CCN(Cc4nc(N)c5ccccc5n4)CC3)c2c1. The molecular weight excluding hydrogens is 362 g/mol. The maximum Gasteiger partial charge on any atom is 0.145 e. The van der Waals surface area contributed by atoms with E-state index in [-0.39, 0.29) is 0 Å². The predicted molar refractivity (Wildman–Crippen MR) is 116 cm³/mol. The Balaban J connectivity index is 1.32. The summed E-state index contributed by atoms with van der Waals surface area (Å²) in [6.07, 6.45) is 1.66. The molecule has 7 heteroatoms. The average molecular weight is 385 g/mol. The number of piperazine rings is 1. The summed E-state index contributed by atoms with van der Waals surface area (Å²) in [5, 5.41) is 2.03. The first kappa shape index (κ1) is 17.8. The molecule has 1 aliphatic heterocycles. The van der Waals surface area contributed by atoms with E-state index in [1.165, 1.54) is 5.56 Å². The number of anilines is 2. The summed E-state index contributed by atoms with van der Waals surface area (Å²) in [5.41, 5.74) is 9.24. The normalized spacial score (nSPS) is 15.3. The Morgan fingerprint density at radius 3 is 2.59 bits per heavy atom. The number of nitrogens with zero attached hydrogens (tertiary/aromatic N) is 6. The van der Waals surface area contributed by atoms with Crippen molar-refractivity contribution in [3.05, 3.63) is 60.2 Å². The minimum absolute atomic E-state index is 0.548. The van der Waals surface area contributed by atoms with E-state index in [1.807, 2.05) is 24.3 Å². The van der Waals surface area contributed by atoms with Crippen LogP contribution >= 0.6 is 0 Å². The topological polar surface area (TPSA) is 84.1 Å². The van der Waals surface area contributed by atoms with Gasteiger partial charge in [0.2, 0.25) is 0 Å². The second kappa shape index (κ2) is 7.25. The highest BCUT2D eigenvalue weighted by Crippen LogP contribution is 2.25. The van der Waals surface area contributed by atoms with E-state index in [0.717, 1.165) is 59.6 Å². The molecule has 2 aromatic carbocycles. The summed E-state index contributed by atoms with van der Waals surface area (Å²) in [4.78, 5) is 22.9. The summed E-state index contributed by atoms with van der Waals surface area (Å²) in [6.45, 7) is 6.46. The lowest BCUT2D eigenvalue weighted by Gasteiger charge is -2.35. The Hall–Kier alpha value is -3.32. The van der Waals surface area contributed by atoms with Crippen molar-refractivity contribution in [2.24, 2.45) is 0 Å².